The topological polar surface area (TPSA) is 78.4 Å². The number of carboxylic acid groups (broad SMARTS) is 1. The van der Waals surface area contributed by atoms with Gasteiger partial charge in [-0.1, -0.05) is 19.1 Å². The quantitative estimate of drug-likeness (QED) is 0.666. The fraction of sp³-hybridized carbons (Fsp3) is 0.636. The molecule has 5 nitrogen and oxygen atoms in total. The zero-order chi connectivity index (χ0) is 19.3. The molecular weight excluding hydrogens is 376 g/mol. The Labute approximate surface area is 174 Å². The first-order chi connectivity index (χ1) is 13.0. The van der Waals surface area contributed by atoms with Crippen LogP contribution in [0.15, 0.2) is 24.3 Å². The van der Waals surface area contributed by atoms with Gasteiger partial charge in [0, 0.05) is 18.0 Å². The third-order valence-electron chi connectivity index (χ3n) is 6.50. The number of carbonyl (C=O) groups excluding carboxylic acids is 1. The Hall–Kier alpha value is -1.59. The van der Waals surface area contributed by atoms with Crippen molar-refractivity contribution in [3.63, 3.8) is 0 Å². The van der Waals surface area contributed by atoms with Crippen LogP contribution in [0.4, 0.5) is 0 Å². The van der Waals surface area contributed by atoms with Gasteiger partial charge in [-0.25, -0.2) is 0 Å². The van der Waals surface area contributed by atoms with E-state index >= 15 is 0 Å². The Morgan fingerprint density at radius 1 is 1.11 bits per heavy atom. The molecule has 28 heavy (non-hydrogen) atoms. The monoisotopic (exact) mass is 408 g/mol. The summed E-state index contributed by atoms with van der Waals surface area (Å²) in [6.45, 7) is 4.41. The maximum atomic E-state index is 12.6. The van der Waals surface area contributed by atoms with Gasteiger partial charge in [-0.05, 0) is 87.1 Å². The number of rotatable bonds is 6. The minimum absolute atomic E-state index is 0. The number of benzene rings is 1. The van der Waals surface area contributed by atoms with Gasteiger partial charge in [-0.3, -0.25) is 9.59 Å². The number of aliphatic carboxylic acids is 1. The summed E-state index contributed by atoms with van der Waals surface area (Å²) >= 11 is 0. The van der Waals surface area contributed by atoms with Gasteiger partial charge < -0.3 is 15.7 Å². The summed E-state index contributed by atoms with van der Waals surface area (Å²) in [6, 6.07) is 8.35. The van der Waals surface area contributed by atoms with Crippen molar-refractivity contribution in [2.45, 2.75) is 69.7 Å². The van der Waals surface area contributed by atoms with Crippen molar-refractivity contribution in [2.75, 3.05) is 13.1 Å². The fourth-order valence-corrected chi connectivity index (χ4v) is 4.48. The molecule has 6 heteroatoms. The molecule has 0 radical (unpaired) electrons. The second kappa shape index (κ2) is 10.3. The summed E-state index contributed by atoms with van der Waals surface area (Å²) in [4.78, 5) is 23.3. The molecule has 1 aliphatic carbocycles. The Balaban J connectivity index is 0.00000280. The highest BCUT2D eigenvalue weighted by Gasteiger charge is 2.29. The standard InChI is InChI=1S/C22H32N2O3.ClH/c1-22(12-14-23-15-13-22)18-7-5-17(6-8-18)21(27)24-19-9-2-16(3-10-19)4-11-20(25)26;/h5-8,16,19,23H,2-4,9-15H2,1H3,(H,24,27)(H,25,26);1H. The molecule has 0 atom stereocenters. The summed E-state index contributed by atoms with van der Waals surface area (Å²) in [5, 5.41) is 15.4. The minimum Gasteiger partial charge on any atom is -0.481 e. The van der Waals surface area contributed by atoms with Crippen LogP contribution < -0.4 is 10.6 Å². The van der Waals surface area contributed by atoms with E-state index in [1.165, 1.54) is 5.56 Å². The van der Waals surface area contributed by atoms with Gasteiger partial charge in [-0.2, -0.15) is 0 Å². The van der Waals surface area contributed by atoms with Crippen LogP contribution in [0.25, 0.3) is 0 Å². The number of amides is 1. The second-order valence-electron chi connectivity index (χ2n) is 8.51. The van der Waals surface area contributed by atoms with Crippen LogP contribution >= 0.6 is 12.4 Å². The first kappa shape index (κ1) is 22.7. The SMILES string of the molecule is CC1(c2ccc(C(=O)NC3CCC(CCC(=O)O)CC3)cc2)CCNCC1.Cl. The largest absolute Gasteiger partial charge is 0.481 e. The molecule has 1 aliphatic heterocycles. The van der Waals surface area contributed by atoms with E-state index in [0.717, 1.165) is 63.6 Å². The number of hydrogen-bond acceptors (Lipinski definition) is 3. The fourth-order valence-electron chi connectivity index (χ4n) is 4.48. The predicted molar refractivity (Wildman–Crippen MR) is 113 cm³/mol. The summed E-state index contributed by atoms with van der Waals surface area (Å²) < 4.78 is 0. The highest BCUT2D eigenvalue weighted by molar-refractivity contribution is 5.94. The van der Waals surface area contributed by atoms with Gasteiger partial charge in [0.15, 0.2) is 0 Å². The van der Waals surface area contributed by atoms with E-state index < -0.39 is 5.97 Å². The molecule has 3 rings (SSSR count). The number of nitrogens with one attached hydrogen (secondary N) is 2. The van der Waals surface area contributed by atoms with Crippen molar-refractivity contribution in [3.05, 3.63) is 35.4 Å². The van der Waals surface area contributed by atoms with Gasteiger partial charge in [0.1, 0.15) is 0 Å². The minimum atomic E-state index is -0.716. The molecule has 2 fully saturated rings. The second-order valence-corrected chi connectivity index (χ2v) is 8.51. The average molecular weight is 409 g/mol. The van der Waals surface area contributed by atoms with Crippen LogP contribution in [0.1, 0.15) is 74.2 Å². The molecule has 1 saturated heterocycles. The molecule has 1 aromatic carbocycles. The molecule has 0 bridgehead atoms. The first-order valence-corrected chi connectivity index (χ1v) is 10.3. The van der Waals surface area contributed by atoms with E-state index in [1.54, 1.807) is 0 Å². The zero-order valence-corrected chi connectivity index (χ0v) is 17.5. The molecule has 0 unspecified atom stereocenters. The average Bonchev–Trinajstić information content (AvgIpc) is 2.68. The molecule has 156 valence electrons. The zero-order valence-electron chi connectivity index (χ0n) is 16.7. The Bertz CT molecular complexity index is 648. The number of carboxylic acids is 1. The summed E-state index contributed by atoms with van der Waals surface area (Å²) in [6.07, 6.45) is 7.16. The van der Waals surface area contributed by atoms with Crippen LogP contribution in [-0.4, -0.2) is 36.1 Å². The lowest BCUT2D eigenvalue weighted by Crippen LogP contribution is -2.38. The van der Waals surface area contributed by atoms with Gasteiger partial charge in [0.25, 0.3) is 5.91 Å². The lowest BCUT2D eigenvalue weighted by molar-refractivity contribution is -0.137. The lowest BCUT2D eigenvalue weighted by atomic mass is 9.75. The van der Waals surface area contributed by atoms with E-state index in [9.17, 15) is 9.59 Å². The Morgan fingerprint density at radius 2 is 1.71 bits per heavy atom. The molecule has 1 amide bonds. The Kier molecular flexibility index (Phi) is 8.32. The van der Waals surface area contributed by atoms with E-state index in [-0.39, 0.29) is 36.2 Å². The number of carbonyl (C=O) groups is 2. The normalized spacial score (nSPS) is 24.0. The molecule has 2 aliphatic rings. The third-order valence-corrected chi connectivity index (χ3v) is 6.50. The van der Waals surface area contributed by atoms with Gasteiger partial charge in [-0.15, -0.1) is 12.4 Å². The van der Waals surface area contributed by atoms with Crippen LogP contribution in [0.3, 0.4) is 0 Å². The smallest absolute Gasteiger partial charge is 0.303 e. The highest BCUT2D eigenvalue weighted by atomic mass is 35.5. The van der Waals surface area contributed by atoms with Crippen molar-refractivity contribution in [1.82, 2.24) is 10.6 Å². The maximum absolute atomic E-state index is 12.6. The maximum Gasteiger partial charge on any atom is 0.303 e. The van der Waals surface area contributed by atoms with Crippen molar-refractivity contribution < 1.29 is 14.7 Å². The summed E-state index contributed by atoms with van der Waals surface area (Å²) in [5.74, 6) is -0.225. The summed E-state index contributed by atoms with van der Waals surface area (Å²) in [7, 11) is 0. The van der Waals surface area contributed by atoms with E-state index in [2.05, 4.69) is 29.7 Å². The Morgan fingerprint density at radius 3 is 2.29 bits per heavy atom. The number of hydrogen-bond donors (Lipinski definition) is 3. The van der Waals surface area contributed by atoms with Crippen LogP contribution in [0, 0.1) is 5.92 Å². The van der Waals surface area contributed by atoms with E-state index in [4.69, 9.17) is 5.11 Å². The van der Waals surface area contributed by atoms with E-state index in [0.29, 0.717) is 5.92 Å². The van der Waals surface area contributed by atoms with Crippen molar-refractivity contribution in [1.29, 1.82) is 0 Å². The van der Waals surface area contributed by atoms with Gasteiger partial charge >= 0.3 is 5.97 Å². The third kappa shape index (κ3) is 5.95. The molecular formula is C22H33ClN2O3. The molecule has 0 aromatic heterocycles. The van der Waals surface area contributed by atoms with Crippen LogP contribution in [0.5, 0.6) is 0 Å². The molecule has 1 saturated carbocycles. The first-order valence-electron chi connectivity index (χ1n) is 10.3. The van der Waals surface area contributed by atoms with E-state index in [1.807, 2.05) is 12.1 Å². The number of piperidine rings is 1. The molecule has 1 aromatic rings. The summed E-state index contributed by atoms with van der Waals surface area (Å²) in [5.41, 5.74) is 2.25. The van der Waals surface area contributed by atoms with Crippen molar-refractivity contribution >= 4 is 24.3 Å². The molecule has 1 heterocycles. The van der Waals surface area contributed by atoms with Crippen molar-refractivity contribution in [2.24, 2.45) is 5.92 Å². The lowest BCUT2D eigenvalue weighted by Gasteiger charge is -2.34. The van der Waals surface area contributed by atoms with Gasteiger partial charge in [0.05, 0.1) is 0 Å². The van der Waals surface area contributed by atoms with Crippen LogP contribution in [0.2, 0.25) is 0 Å². The van der Waals surface area contributed by atoms with Crippen molar-refractivity contribution in [3.8, 4) is 0 Å². The highest BCUT2D eigenvalue weighted by Crippen LogP contribution is 2.33. The van der Waals surface area contributed by atoms with Gasteiger partial charge in [0.2, 0.25) is 0 Å². The van der Waals surface area contributed by atoms with Crippen LogP contribution in [-0.2, 0) is 10.2 Å². The molecule has 3 N–H and O–H groups in total. The number of halogens is 1. The predicted octanol–water partition coefficient (Wildman–Crippen LogP) is 3.90. The molecule has 0 spiro atoms.